The van der Waals surface area contributed by atoms with Crippen molar-refractivity contribution in [1.29, 1.82) is 0 Å². The summed E-state index contributed by atoms with van der Waals surface area (Å²) in [4.78, 5) is 13.9. The lowest BCUT2D eigenvalue weighted by Gasteiger charge is -2.28. The van der Waals surface area contributed by atoms with Crippen LogP contribution < -0.4 is 4.74 Å². The number of ether oxygens (including phenoxy) is 2. The molecule has 1 aliphatic heterocycles. The van der Waals surface area contributed by atoms with Crippen LogP contribution in [-0.2, 0) is 17.1 Å². The number of para-hydroxylation sites is 1. The molecule has 2 aromatic carbocycles. The van der Waals surface area contributed by atoms with Crippen molar-refractivity contribution in [1.82, 2.24) is 4.90 Å². The zero-order chi connectivity index (χ0) is 28.8. The average Bonchev–Trinajstić information content (AvgIpc) is 3.11. The predicted octanol–water partition coefficient (Wildman–Crippen LogP) is 8.53. The van der Waals surface area contributed by atoms with Crippen LogP contribution in [0.4, 0.5) is 44.3 Å². The summed E-state index contributed by atoms with van der Waals surface area (Å²) < 4.78 is 128. The van der Waals surface area contributed by atoms with E-state index in [-0.39, 0.29) is 18.2 Å². The van der Waals surface area contributed by atoms with Gasteiger partial charge >= 0.3 is 24.8 Å². The van der Waals surface area contributed by atoms with Gasteiger partial charge in [-0.2, -0.15) is 26.3 Å². The van der Waals surface area contributed by atoms with Crippen LogP contribution in [0.5, 0.6) is 5.75 Å². The normalized spacial score (nSPS) is 20.9. The van der Waals surface area contributed by atoms with Crippen LogP contribution >= 0.6 is 0 Å². The summed E-state index contributed by atoms with van der Waals surface area (Å²) in [6, 6.07) is 5.58. The van der Waals surface area contributed by atoms with E-state index in [0.717, 1.165) is 11.0 Å². The quantitative estimate of drug-likeness (QED) is 0.340. The summed E-state index contributed by atoms with van der Waals surface area (Å²) in [5, 5.41) is 0. The molecule has 0 radical (unpaired) electrons. The smallest absolute Gasteiger partial charge is 0.439 e. The van der Waals surface area contributed by atoms with Gasteiger partial charge in [-0.25, -0.2) is 4.79 Å². The molecule has 1 heterocycles. The molecule has 1 saturated heterocycles. The summed E-state index contributed by atoms with van der Waals surface area (Å²) >= 11 is 0. The number of allylic oxidation sites excluding steroid dienone is 1. The Morgan fingerprint density at radius 2 is 1.49 bits per heavy atom. The third-order valence-electron chi connectivity index (χ3n) is 6.71. The molecule has 1 amide bonds. The molecule has 4 nitrogen and oxygen atoms in total. The van der Waals surface area contributed by atoms with Gasteiger partial charge in [0.25, 0.3) is 0 Å². The standard InChI is InChI=1S/C26H22F9NO3/c1-14-22(16-10-17(24(27,28)29)12-18(11-16)25(30,31)32)38-23(37)36(14)13-15-6-2-3-7-19(15)20-8-4-5-9-21(20)39-26(33,34)35/h4-5,8-12,14,22H,2-3,6-7,13H2,1H3/t14-,22-/m0/s1. The van der Waals surface area contributed by atoms with E-state index in [4.69, 9.17) is 4.74 Å². The van der Waals surface area contributed by atoms with E-state index in [2.05, 4.69) is 4.74 Å². The maximum Gasteiger partial charge on any atom is 0.573 e. The zero-order valence-corrected chi connectivity index (χ0v) is 20.3. The van der Waals surface area contributed by atoms with Crippen LogP contribution in [0.1, 0.15) is 61.0 Å². The molecule has 4 rings (SSSR count). The number of carbonyl (C=O) groups is 1. The van der Waals surface area contributed by atoms with E-state index in [1.165, 1.54) is 25.1 Å². The summed E-state index contributed by atoms with van der Waals surface area (Å²) in [6.07, 6.45) is -15.4. The number of alkyl halides is 9. The highest BCUT2D eigenvalue weighted by Gasteiger charge is 2.43. The number of benzene rings is 2. The lowest BCUT2D eigenvalue weighted by molar-refractivity contribution is -0.274. The summed E-state index contributed by atoms with van der Waals surface area (Å²) in [7, 11) is 0. The third kappa shape index (κ3) is 6.44. The molecule has 39 heavy (non-hydrogen) atoms. The fourth-order valence-electron chi connectivity index (χ4n) is 4.91. The maximum atomic E-state index is 13.4. The molecule has 0 N–H and O–H groups in total. The number of cyclic esters (lactones) is 1. The van der Waals surface area contributed by atoms with E-state index in [9.17, 15) is 44.3 Å². The van der Waals surface area contributed by atoms with Gasteiger partial charge in [-0.3, -0.25) is 4.90 Å². The highest BCUT2D eigenvalue weighted by Crippen LogP contribution is 2.43. The molecule has 0 bridgehead atoms. The fraction of sp³-hybridized carbons (Fsp3) is 0.423. The van der Waals surface area contributed by atoms with Crippen molar-refractivity contribution in [3.05, 3.63) is 70.3 Å². The molecule has 0 aromatic heterocycles. The molecule has 0 unspecified atom stereocenters. The Hall–Kier alpha value is -3.38. The molecule has 0 saturated carbocycles. The number of nitrogens with zero attached hydrogens (tertiary/aromatic N) is 1. The number of halogens is 9. The summed E-state index contributed by atoms with van der Waals surface area (Å²) in [6.45, 7) is 1.30. The van der Waals surface area contributed by atoms with Crippen molar-refractivity contribution >= 4 is 11.7 Å². The van der Waals surface area contributed by atoms with Crippen LogP contribution in [0.2, 0.25) is 0 Å². The molecule has 1 fully saturated rings. The SMILES string of the molecule is C[C@H]1[C@@H](c2cc(C(F)(F)F)cc(C(F)(F)F)c2)OC(=O)N1CC1=C(c2ccccc2OC(F)(F)F)CCCC1. The van der Waals surface area contributed by atoms with Gasteiger partial charge < -0.3 is 9.47 Å². The second kappa shape index (κ2) is 10.3. The molecule has 1 aliphatic carbocycles. The molecular formula is C26H22F9NO3. The van der Waals surface area contributed by atoms with E-state index < -0.39 is 59.4 Å². The monoisotopic (exact) mass is 567 g/mol. The Labute approximate surface area is 217 Å². The van der Waals surface area contributed by atoms with Gasteiger partial charge in [0.1, 0.15) is 11.9 Å². The van der Waals surface area contributed by atoms with Gasteiger partial charge in [-0.1, -0.05) is 18.2 Å². The van der Waals surface area contributed by atoms with Crippen molar-refractivity contribution < 1.29 is 53.8 Å². The lowest BCUT2D eigenvalue weighted by Crippen LogP contribution is -2.34. The molecule has 2 aromatic rings. The maximum absolute atomic E-state index is 13.4. The number of rotatable bonds is 5. The van der Waals surface area contributed by atoms with Gasteiger partial charge in [0, 0.05) is 12.1 Å². The minimum absolute atomic E-state index is 0.0116. The summed E-state index contributed by atoms with van der Waals surface area (Å²) in [5.41, 5.74) is -2.22. The molecule has 2 atom stereocenters. The third-order valence-corrected chi connectivity index (χ3v) is 6.71. The Morgan fingerprint density at radius 3 is 2.08 bits per heavy atom. The first-order chi connectivity index (χ1) is 18.0. The van der Waals surface area contributed by atoms with Gasteiger partial charge in [-0.05, 0) is 73.6 Å². The Kier molecular flexibility index (Phi) is 7.56. The predicted molar refractivity (Wildman–Crippen MR) is 120 cm³/mol. The minimum Gasteiger partial charge on any atom is -0.439 e. The molecule has 13 heteroatoms. The first-order valence-corrected chi connectivity index (χ1v) is 11.9. The summed E-state index contributed by atoms with van der Waals surface area (Å²) in [5.74, 6) is -0.419. The van der Waals surface area contributed by atoms with Gasteiger partial charge in [-0.15, -0.1) is 13.2 Å². The van der Waals surface area contributed by atoms with Crippen molar-refractivity contribution in [3.8, 4) is 5.75 Å². The Balaban J connectivity index is 1.68. The zero-order valence-electron chi connectivity index (χ0n) is 20.3. The van der Waals surface area contributed by atoms with Crippen molar-refractivity contribution in [2.24, 2.45) is 0 Å². The fourth-order valence-corrected chi connectivity index (χ4v) is 4.91. The van der Waals surface area contributed by atoms with E-state index in [1.54, 1.807) is 0 Å². The average molecular weight is 567 g/mol. The Bertz CT molecular complexity index is 1230. The number of hydrogen-bond acceptors (Lipinski definition) is 3. The van der Waals surface area contributed by atoms with Crippen LogP contribution in [0.15, 0.2) is 48.0 Å². The first kappa shape index (κ1) is 28.6. The van der Waals surface area contributed by atoms with Gasteiger partial charge in [0.2, 0.25) is 0 Å². The molecule has 2 aliphatic rings. The highest BCUT2D eigenvalue weighted by atomic mass is 19.4. The number of carbonyl (C=O) groups excluding carboxylic acids is 1. The molecule has 212 valence electrons. The topological polar surface area (TPSA) is 38.8 Å². The van der Waals surface area contributed by atoms with Crippen LogP contribution in [-0.4, -0.2) is 29.9 Å². The molecular weight excluding hydrogens is 545 g/mol. The van der Waals surface area contributed by atoms with E-state index in [0.29, 0.717) is 49.0 Å². The number of hydrogen-bond donors (Lipinski definition) is 0. The van der Waals surface area contributed by atoms with Gasteiger partial charge in [0.15, 0.2) is 0 Å². The van der Waals surface area contributed by atoms with Crippen LogP contribution in [0.25, 0.3) is 5.57 Å². The van der Waals surface area contributed by atoms with Crippen LogP contribution in [0.3, 0.4) is 0 Å². The van der Waals surface area contributed by atoms with Crippen molar-refractivity contribution in [2.75, 3.05) is 6.54 Å². The molecule has 0 spiro atoms. The van der Waals surface area contributed by atoms with Crippen LogP contribution in [0, 0.1) is 0 Å². The highest BCUT2D eigenvalue weighted by molar-refractivity contribution is 5.76. The van der Waals surface area contributed by atoms with E-state index >= 15 is 0 Å². The number of amides is 1. The van der Waals surface area contributed by atoms with Crippen molar-refractivity contribution in [3.63, 3.8) is 0 Å². The lowest BCUT2D eigenvalue weighted by atomic mass is 9.86. The minimum atomic E-state index is -5.07. The van der Waals surface area contributed by atoms with Crippen molar-refractivity contribution in [2.45, 2.75) is 63.5 Å². The largest absolute Gasteiger partial charge is 0.573 e. The Morgan fingerprint density at radius 1 is 0.897 bits per heavy atom. The first-order valence-electron chi connectivity index (χ1n) is 11.9. The second-order valence-electron chi connectivity index (χ2n) is 9.35. The van der Waals surface area contributed by atoms with E-state index in [1.807, 2.05) is 0 Å². The second-order valence-corrected chi connectivity index (χ2v) is 9.35. The van der Waals surface area contributed by atoms with Gasteiger partial charge in [0.05, 0.1) is 17.2 Å².